The average molecular weight is 238 g/mol. The number of nitrogens with zero attached hydrogens (tertiary/aromatic N) is 2. The van der Waals surface area contributed by atoms with Crippen molar-refractivity contribution in [2.75, 3.05) is 0 Å². The number of rotatable bonds is 5. The van der Waals surface area contributed by atoms with Crippen LogP contribution in [-0.2, 0) is 4.57 Å². The predicted molar refractivity (Wildman–Crippen MR) is 70.1 cm³/mol. The maximum Gasteiger partial charge on any atom is 0.140 e. The highest BCUT2D eigenvalue weighted by atomic mass is 31.2. The van der Waals surface area contributed by atoms with Crippen LogP contribution in [0.1, 0.15) is 39.5 Å². The second-order valence-corrected chi connectivity index (χ2v) is 7.93. The Morgan fingerprint density at radius 2 is 1.81 bits per heavy atom. The highest BCUT2D eigenvalue weighted by Gasteiger charge is 2.53. The molecule has 2 saturated carbocycles. The van der Waals surface area contributed by atoms with E-state index in [0.29, 0.717) is 16.8 Å². The van der Waals surface area contributed by atoms with Crippen LogP contribution in [0.5, 0.6) is 0 Å². The molecule has 0 spiro atoms. The van der Waals surface area contributed by atoms with Crippen LogP contribution in [0.25, 0.3) is 0 Å². The molecule has 2 rings (SSSR count). The summed E-state index contributed by atoms with van der Waals surface area (Å²) in [6.45, 7) is 7.35. The van der Waals surface area contributed by atoms with Crippen molar-refractivity contribution in [3.8, 4) is 0 Å². The largest absolute Gasteiger partial charge is 0.316 e. The zero-order valence-electron chi connectivity index (χ0n) is 10.0. The van der Waals surface area contributed by atoms with Crippen molar-refractivity contribution < 1.29 is 4.57 Å². The van der Waals surface area contributed by atoms with Crippen molar-refractivity contribution in [2.45, 2.75) is 50.8 Å². The van der Waals surface area contributed by atoms with E-state index >= 15 is 0 Å². The summed E-state index contributed by atoms with van der Waals surface area (Å²) in [5.74, 6) is 0. The van der Waals surface area contributed by atoms with E-state index in [4.69, 9.17) is 0 Å². The molecule has 0 heterocycles. The molecule has 0 aromatic rings. The quantitative estimate of drug-likeness (QED) is 0.532. The molecule has 0 radical (unpaired) electrons. The Kier molecular flexibility index (Phi) is 3.16. The Balaban J connectivity index is 2.41. The fourth-order valence-corrected chi connectivity index (χ4v) is 6.19. The Bertz CT molecular complexity index is 387. The van der Waals surface area contributed by atoms with Crippen molar-refractivity contribution >= 4 is 20.1 Å². The van der Waals surface area contributed by atoms with E-state index in [-0.39, 0.29) is 0 Å². The van der Waals surface area contributed by atoms with Gasteiger partial charge < -0.3 is 4.57 Å². The van der Waals surface area contributed by atoms with Gasteiger partial charge in [-0.15, -0.1) is 0 Å². The molecule has 0 aromatic carbocycles. The molecule has 16 heavy (non-hydrogen) atoms. The van der Waals surface area contributed by atoms with E-state index in [0.717, 1.165) is 31.4 Å². The molecule has 0 aromatic heterocycles. The molecule has 2 aliphatic carbocycles. The predicted octanol–water partition coefficient (Wildman–Crippen LogP) is 3.65. The lowest BCUT2D eigenvalue weighted by Crippen LogP contribution is -1.99. The summed E-state index contributed by atoms with van der Waals surface area (Å²) in [6, 6.07) is 0. The first-order valence-corrected chi connectivity index (χ1v) is 7.75. The van der Waals surface area contributed by atoms with Crippen molar-refractivity contribution in [1.82, 2.24) is 0 Å². The molecular weight excluding hydrogens is 219 g/mol. The van der Waals surface area contributed by atoms with Crippen LogP contribution in [0.3, 0.4) is 0 Å². The zero-order valence-corrected chi connectivity index (χ0v) is 10.9. The summed E-state index contributed by atoms with van der Waals surface area (Å²) < 4.78 is 13.1. The SMILES string of the molecule is C=N/C(=C(/C)N=CC)P(=O)(C1CC1)C1CC1. The lowest BCUT2D eigenvalue weighted by atomic mass is 10.5. The second kappa shape index (κ2) is 4.29. The monoisotopic (exact) mass is 238 g/mol. The van der Waals surface area contributed by atoms with Gasteiger partial charge in [0, 0.05) is 17.5 Å². The highest BCUT2D eigenvalue weighted by Crippen LogP contribution is 2.75. The van der Waals surface area contributed by atoms with Crippen molar-refractivity contribution in [3.63, 3.8) is 0 Å². The molecular formula is C12H19N2OP. The maximum absolute atomic E-state index is 13.1. The van der Waals surface area contributed by atoms with Crippen molar-refractivity contribution in [1.29, 1.82) is 0 Å². The lowest BCUT2D eigenvalue weighted by Gasteiger charge is -2.18. The summed E-state index contributed by atoms with van der Waals surface area (Å²) in [5.41, 5.74) is 2.25. The number of hydrogen-bond acceptors (Lipinski definition) is 3. The molecule has 0 saturated heterocycles. The van der Waals surface area contributed by atoms with Gasteiger partial charge in [-0.05, 0) is 46.2 Å². The smallest absolute Gasteiger partial charge is 0.140 e. The molecule has 88 valence electrons. The molecule has 0 atom stereocenters. The summed E-state index contributed by atoms with van der Waals surface area (Å²) in [5, 5.41) is 0. The van der Waals surface area contributed by atoms with Crippen LogP contribution in [0.15, 0.2) is 21.1 Å². The first-order valence-electron chi connectivity index (χ1n) is 5.90. The molecule has 0 N–H and O–H groups in total. The molecule has 0 unspecified atom stereocenters. The van der Waals surface area contributed by atoms with E-state index in [2.05, 4.69) is 16.7 Å². The second-order valence-electron chi connectivity index (χ2n) is 4.63. The number of allylic oxidation sites excluding steroid dienone is 1. The molecule has 2 aliphatic rings. The van der Waals surface area contributed by atoms with Gasteiger partial charge in [0.1, 0.15) is 12.6 Å². The van der Waals surface area contributed by atoms with Crippen molar-refractivity contribution in [3.05, 3.63) is 11.1 Å². The third kappa shape index (κ3) is 1.93. The Hall–Kier alpha value is -0.690. The van der Waals surface area contributed by atoms with Gasteiger partial charge in [0.15, 0.2) is 0 Å². The first kappa shape index (κ1) is 11.8. The summed E-state index contributed by atoms with van der Waals surface area (Å²) >= 11 is 0. The Morgan fingerprint density at radius 1 is 1.31 bits per heavy atom. The third-order valence-corrected chi connectivity index (χ3v) is 7.64. The van der Waals surface area contributed by atoms with E-state index in [1.165, 1.54) is 0 Å². The van der Waals surface area contributed by atoms with E-state index in [9.17, 15) is 4.57 Å². The van der Waals surface area contributed by atoms with Crippen molar-refractivity contribution in [2.24, 2.45) is 9.98 Å². The van der Waals surface area contributed by atoms with E-state index < -0.39 is 7.14 Å². The molecule has 2 fully saturated rings. The minimum atomic E-state index is -2.30. The first-order chi connectivity index (χ1) is 7.64. The fraction of sp³-hybridized carbons (Fsp3) is 0.667. The number of hydrogen-bond donors (Lipinski definition) is 0. The van der Waals surface area contributed by atoms with Crippen LogP contribution < -0.4 is 0 Å². The average Bonchev–Trinajstić information content (AvgIpc) is 3.10. The van der Waals surface area contributed by atoms with Gasteiger partial charge in [-0.25, -0.2) is 0 Å². The van der Waals surface area contributed by atoms with E-state index in [1.807, 2.05) is 13.8 Å². The third-order valence-electron chi connectivity index (χ3n) is 3.31. The van der Waals surface area contributed by atoms with Gasteiger partial charge in [-0.1, -0.05) is 0 Å². The highest BCUT2D eigenvalue weighted by molar-refractivity contribution is 7.70. The zero-order chi connectivity index (χ0) is 11.8. The molecule has 4 heteroatoms. The minimum Gasteiger partial charge on any atom is -0.316 e. The Labute approximate surface area is 97.1 Å². The van der Waals surface area contributed by atoms with Gasteiger partial charge in [-0.3, -0.25) is 9.98 Å². The van der Waals surface area contributed by atoms with Gasteiger partial charge in [0.25, 0.3) is 0 Å². The summed E-state index contributed by atoms with van der Waals surface area (Å²) in [4.78, 5) is 8.28. The standard InChI is InChI=1S/C12H19N2OP/c1-4-14-9(2)12(13-3)16(15,10-5-6-10)11-7-8-11/h4,10-11H,3,5-8H2,1-2H3/b12-9+,14-4?. The van der Waals surface area contributed by atoms with Gasteiger partial charge >= 0.3 is 0 Å². The van der Waals surface area contributed by atoms with Crippen LogP contribution in [-0.4, -0.2) is 24.3 Å². The Morgan fingerprint density at radius 3 is 2.12 bits per heavy atom. The van der Waals surface area contributed by atoms with Crippen LogP contribution >= 0.6 is 7.14 Å². The van der Waals surface area contributed by atoms with Crippen LogP contribution in [0.2, 0.25) is 0 Å². The maximum atomic E-state index is 13.1. The van der Waals surface area contributed by atoms with Gasteiger partial charge in [0.2, 0.25) is 0 Å². The van der Waals surface area contributed by atoms with Gasteiger partial charge in [-0.2, -0.15) is 0 Å². The fourth-order valence-electron chi connectivity index (χ4n) is 2.29. The molecule has 3 nitrogen and oxygen atoms in total. The normalized spacial score (nSPS) is 23.4. The van der Waals surface area contributed by atoms with Crippen LogP contribution in [0.4, 0.5) is 0 Å². The lowest BCUT2D eigenvalue weighted by molar-refractivity contribution is 0.576. The molecule has 0 aliphatic heterocycles. The van der Waals surface area contributed by atoms with Gasteiger partial charge in [0.05, 0.1) is 5.70 Å². The summed E-state index contributed by atoms with van der Waals surface area (Å²) in [7, 11) is -2.30. The number of aliphatic imine (C=N–C) groups is 2. The minimum absolute atomic E-state index is 0.377. The summed E-state index contributed by atoms with van der Waals surface area (Å²) in [6.07, 6.45) is 6.10. The molecule has 0 bridgehead atoms. The molecule has 0 amide bonds. The van der Waals surface area contributed by atoms with E-state index in [1.54, 1.807) is 6.21 Å². The topological polar surface area (TPSA) is 41.8 Å². The van der Waals surface area contributed by atoms with Crippen LogP contribution in [0, 0.1) is 0 Å².